The van der Waals surface area contributed by atoms with E-state index in [0.717, 1.165) is 12.8 Å². The van der Waals surface area contributed by atoms with Gasteiger partial charge in [-0.3, -0.25) is 9.69 Å². The van der Waals surface area contributed by atoms with Gasteiger partial charge in [-0.25, -0.2) is 4.98 Å². The van der Waals surface area contributed by atoms with Gasteiger partial charge >= 0.3 is 0 Å². The largest absolute Gasteiger partial charge is 0.496 e. The number of ether oxygens (including phenoxy) is 1. The van der Waals surface area contributed by atoms with Gasteiger partial charge in [0.15, 0.2) is 0 Å². The van der Waals surface area contributed by atoms with Gasteiger partial charge in [-0.15, -0.1) is 0 Å². The second-order valence-corrected chi connectivity index (χ2v) is 5.29. The van der Waals surface area contributed by atoms with Crippen LogP contribution in [0.4, 0.5) is 5.82 Å². The van der Waals surface area contributed by atoms with Crippen molar-refractivity contribution in [2.75, 3.05) is 12.0 Å². The Kier molecular flexibility index (Phi) is 3.80. The Morgan fingerprint density at radius 2 is 2.29 bits per heavy atom. The highest BCUT2D eigenvalue weighted by molar-refractivity contribution is 6.31. The summed E-state index contributed by atoms with van der Waals surface area (Å²) in [5.74, 6) is 0.911. The van der Waals surface area contributed by atoms with Crippen LogP contribution >= 0.6 is 11.6 Å². The summed E-state index contributed by atoms with van der Waals surface area (Å²) < 4.78 is 5.25. The molecule has 1 aliphatic carbocycles. The molecule has 1 heterocycles. The van der Waals surface area contributed by atoms with Crippen LogP contribution in [-0.4, -0.2) is 24.0 Å². The van der Waals surface area contributed by atoms with Crippen molar-refractivity contribution in [3.05, 3.63) is 53.2 Å². The molecule has 2 aromatic rings. The molecule has 0 saturated heterocycles. The monoisotopic (exact) mass is 301 g/mol. The molecule has 5 heteroatoms. The number of pyridine rings is 1. The SMILES string of the molecule is COc1cc(Cl)c[c]c1C(=O)N(c1ccccn1)C1CC1. The Hall–Kier alpha value is -2.07. The molecule has 1 aromatic heterocycles. The fourth-order valence-corrected chi connectivity index (χ4v) is 2.34. The van der Waals surface area contributed by atoms with Gasteiger partial charge in [0.05, 0.1) is 12.7 Å². The smallest absolute Gasteiger partial charge is 0.264 e. The standard InChI is InChI=1S/C16H14ClN2O2/c1-21-14-10-11(17)5-8-13(14)16(20)19(12-6-7-12)15-4-2-3-9-18-15/h2-5,9-10,12H,6-7H2,1H3. The maximum absolute atomic E-state index is 12.8. The minimum Gasteiger partial charge on any atom is -0.496 e. The molecule has 1 saturated carbocycles. The Morgan fingerprint density at radius 3 is 2.90 bits per heavy atom. The number of anilines is 1. The molecule has 0 N–H and O–H groups in total. The third-order valence-electron chi connectivity index (χ3n) is 3.33. The second kappa shape index (κ2) is 5.74. The quantitative estimate of drug-likeness (QED) is 0.869. The predicted octanol–water partition coefficient (Wildman–Crippen LogP) is 3.35. The van der Waals surface area contributed by atoms with Gasteiger partial charge in [-0.2, -0.15) is 0 Å². The Balaban J connectivity index is 1.99. The van der Waals surface area contributed by atoms with E-state index >= 15 is 0 Å². The van der Waals surface area contributed by atoms with E-state index in [9.17, 15) is 4.79 Å². The topological polar surface area (TPSA) is 42.4 Å². The van der Waals surface area contributed by atoms with E-state index in [0.29, 0.717) is 22.2 Å². The number of nitrogens with zero attached hydrogens (tertiary/aromatic N) is 2. The first-order chi connectivity index (χ1) is 10.2. The first kappa shape index (κ1) is 13.9. The minimum absolute atomic E-state index is 0.162. The lowest BCUT2D eigenvalue weighted by Crippen LogP contribution is -2.34. The summed E-state index contributed by atoms with van der Waals surface area (Å²) in [5.41, 5.74) is 0.374. The number of halogens is 1. The fourth-order valence-electron chi connectivity index (χ4n) is 2.19. The Morgan fingerprint density at radius 1 is 1.48 bits per heavy atom. The zero-order valence-electron chi connectivity index (χ0n) is 11.5. The summed E-state index contributed by atoms with van der Waals surface area (Å²) in [6, 6.07) is 11.8. The molecule has 0 atom stereocenters. The number of hydrogen-bond acceptors (Lipinski definition) is 3. The number of benzene rings is 1. The number of carbonyl (C=O) groups is 1. The van der Waals surface area contributed by atoms with Crippen molar-refractivity contribution in [2.45, 2.75) is 18.9 Å². The van der Waals surface area contributed by atoms with Gasteiger partial charge in [0.25, 0.3) is 5.91 Å². The van der Waals surface area contributed by atoms with E-state index in [1.54, 1.807) is 23.2 Å². The number of aromatic nitrogens is 1. The molecule has 107 valence electrons. The van der Waals surface area contributed by atoms with Crippen molar-refractivity contribution in [1.82, 2.24) is 4.98 Å². The van der Waals surface area contributed by atoms with Gasteiger partial charge in [-0.05, 0) is 37.1 Å². The third kappa shape index (κ3) is 2.85. The molecule has 1 fully saturated rings. The number of methoxy groups -OCH3 is 1. The van der Waals surface area contributed by atoms with E-state index in [2.05, 4.69) is 11.1 Å². The van der Waals surface area contributed by atoms with E-state index in [1.165, 1.54) is 7.11 Å². The van der Waals surface area contributed by atoms with E-state index < -0.39 is 0 Å². The fraction of sp³-hybridized carbons (Fsp3) is 0.250. The highest BCUT2D eigenvalue weighted by atomic mass is 35.5. The van der Waals surface area contributed by atoms with Gasteiger partial charge in [0.2, 0.25) is 0 Å². The van der Waals surface area contributed by atoms with Crippen LogP contribution in [0.2, 0.25) is 5.02 Å². The van der Waals surface area contributed by atoms with Crippen molar-refractivity contribution < 1.29 is 9.53 Å². The first-order valence-electron chi connectivity index (χ1n) is 6.70. The van der Waals surface area contributed by atoms with Crippen LogP contribution in [-0.2, 0) is 0 Å². The summed E-state index contributed by atoms with van der Waals surface area (Å²) in [7, 11) is 1.51. The molecule has 0 spiro atoms. The molecule has 1 radical (unpaired) electrons. The summed E-state index contributed by atoms with van der Waals surface area (Å²) in [6.45, 7) is 0. The van der Waals surface area contributed by atoms with E-state index in [-0.39, 0.29) is 11.9 Å². The van der Waals surface area contributed by atoms with Gasteiger partial charge in [0.1, 0.15) is 11.6 Å². The van der Waals surface area contributed by atoms with Gasteiger partial charge in [0, 0.05) is 23.3 Å². The van der Waals surface area contributed by atoms with Crippen LogP contribution in [0.1, 0.15) is 23.2 Å². The van der Waals surface area contributed by atoms with Crippen LogP contribution in [0, 0.1) is 6.07 Å². The first-order valence-corrected chi connectivity index (χ1v) is 7.08. The predicted molar refractivity (Wildman–Crippen MR) is 80.9 cm³/mol. The summed E-state index contributed by atoms with van der Waals surface area (Å²) >= 11 is 5.92. The van der Waals surface area contributed by atoms with E-state index in [4.69, 9.17) is 16.3 Å². The van der Waals surface area contributed by atoms with Crippen LogP contribution in [0.25, 0.3) is 0 Å². The molecule has 1 aliphatic rings. The van der Waals surface area contributed by atoms with Gasteiger partial charge in [-0.1, -0.05) is 17.7 Å². The van der Waals surface area contributed by atoms with Crippen LogP contribution in [0.3, 0.4) is 0 Å². The summed E-state index contributed by atoms with van der Waals surface area (Å²) in [6.07, 6.45) is 3.65. The number of amides is 1. The van der Waals surface area contributed by atoms with E-state index in [1.807, 2.05) is 18.2 Å². The highest BCUT2D eigenvalue weighted by Crippen LogP contribution is 2.34. The van der Waals surface area contributed by atoms with Crippen molar-refractivity contribution in [3.8, 4) is 5.75 Å². The molecule has 0 unspecified atom stereocenters. The summed E-state index contributed by atoms with van der Waals surface area (Å²) in [4.78, 5) is 18.8. The second-order valence-electron chi connectivity index (χ2n) is 4.86. The lowest BCUT2D eigenvalue weighted by atomic mass is 10.1. The molecule has 0 bridgehead atoms. The maximum Gasteiger partial charge on any atom is 0.264 e. The maximum atomic E-state index is 12.8. The van der Waals surface area contributed by atoms with Crippen LogP contribution < -0.4 is 9.64 Å². The van der Waals surface area contributed by atoms with Crippen molar-refractivity contribution in [2.24, 2.45) is 0 Å². The molecule has 1 amide bonds. The molecule has 3 rings (SSSR count). The van der Waals surface area contributed by atoms with Gasteiger partial charge < -0.3 is 4.74 Å². The molecule has 0 aliphatic heterocycles. The highest BCUT2D eigenvalue weighted by Gasteiger charge is 2.36. The summed E-state index contributed by atoms with van der Waals surface area (Å²) in [5, 5.41) is 0.485. The molecule has 21 heavy (non-hydrogen) atoms. The lowest BCUT2D eigenvalue weighted by molar-refractivity contribution is 0.0981. The number of rotatable bonds is 4. The zero-order valence-corrected chi connectivity index (χ0v) is 12.3. The van der Waals surface area contributed by atoms with Crippen LogP contribution in [0.5, 0.6) is 5.75 Å². The van der Waals surface area contributed by atoms with Crippen molar-refractivity contribution in [3.63, 3.8) is 0 Å². The van der Waals surface area contributed by atoms with Crippen molar-refractivity contribution in [1.29, 1.82) is 0 Å². The third-order valence-corrected chi connectivity index (χ3v) is 3.55. The minimum atomic E-state index is -0.162. The molecular weight excluding hydrogens is 288 g/mol. The number of carbonyl (C=O) groups excluding carboxylic acids is 1. The van der Waals surface area contributed by atoms with Crippen molar-refractivity contribution >= 4 is 23.3 Å². The Bertz CT molecular complexity index is 657. The average Bonchev–Trinajstić information content (AvgIpc) is 3.33. The molecular formula is C16H14ClN2O2. The lowest BCUT2D eigenvalue weighted by Gasteiger charge is -2.22. The molecule has 4 nitrogen and oxygen atoms in total. The Labute approximate surface area is 128 Å². The van der Waals surface area contributed by atoms with Crippen LogP contribution in [0.15, 0.2) is 36.5 Å². The average molecular weight is 302 g/mol. The number of hydrogen-bond donors (Lipinski definition) is 0. The molecule has 1 aromatic carbocycles. The zero-order chi connectivity index (χ0) is 14.8. The normalized spacial score (nSPS) is 13.8.